The van der Waals surface area contributed by atoms with Gasteiger partial charge in [0.15, 0.2) is 0 Å². The third-order valence-corrected chi connectivity index (χ3v) is 5.82. The molecule has 1 aromatic carbocycles. The molecule has 0 aromatic heterocycles. The van der Waals surface area contributed by atoms with Crippen LogP contribution in [-0.2, 0) is 9.59 Å². The largest absolute Gasteiger partial charge is 0.334 e. The number of anilines is 1. The van der Waals surface area contributed by atoms with Crippen LogP contribution in [0.1, 0.15) is 32.6 Å². The Kier molecular flexibility index (Phi) is 5.91. The van der Waals surface area contributed by atoms with E-state index in [1.165, 1.54) is 11.0 Å². The Morgan fingerprint density at radius 2 is 2.15 bits per heavy atom. The van der Waals surface area contributed by atoms with Gasteiger partial charge in [0.25, 0.3) is 0 Å². The van der Waals surface area contributed by atoms with Crippen molar-refractivity contribution < 1.29 is 14.0 Å². The normalized spacial score (nSPS) is 24.6. The SMILES string of the molecule is CC(CC(=O)N(C)C1CCN(c2ccccc2F)C1=O)C1CCCNC1. The third-order valence-electron chi connectivity index (χ3n) is 5.82. The first kappa shape index (κ1) is 18.8. The van der Waals surface area contributed by atoms with E-state index in [0.717, 1.165) is 25.9 Å². The zero-order chi connectivity index (χ0) is 18.7. The second kappa shape index (κ2) is 8.16. The minimum Gasteiger partial charge on any atom is -0.334 e. The van der Waals surface area contributed by atoms with Crippen molar-refractivity contribution >= 4 is 17.5 Å². The lowest BCUT2D eigenvalue weighted by atomic mass is 9.85. The number of likely N-dealkylation sites (N-methyl/N-ethyl adjacent to an activating group) is 1. The maximum absolute atomic E-state index is 14.0. The van der Waals surface area contributed by atoms with E-state index < -0.39 is 11.9 Å². The summed E-state index contributed by atoms with van der Waals surface area (Å²) < 4.78 is 14.0. The first-order valence-corrected chi connectivity index (χ1v) is 9.51. The highest BCUT2D eigenvalue weighted by molar-refractivity contribution is 6.01. The van der Waals surface area contributed by atoms with Crippen molar-refractivity contribution in [1.82, 2.24) is 10.2 Å². The topological polar surface area (TPSA) is 52.7 Å². The van der Waals surface area contributed by atoms with Gasteiger partial charge in [0.2, 0.25) is 11.8 Å². The molecule has 1 N–H and O–H groups in total. The number of para-hydroxylation sites is 1. The summed E-state index contributed by atoms with van der Waals surface area (Å²) in [7, 11) is 1.70. The molecule has 2 aliphatic rings. The molecule has 1 aromatic rings. The molecule has 142 valence electrons. The minimum atomic E-state index is -0.501. The number of nitrogens with one attached hydrogen (secondary N) is 1. The highest BCUT2D eigenvalue weighted by atomic mass is 19.1. The molecule has 2 fully saturated rings. The Balaban J connectivity index is 1.61. The highest BCUT2D eigenvalue weighted by Crippen LogP contribution is 2.28. The molecule has 0 radical (unpaired) electrons. The molecule has 0 saturated carbocycles. The Labute approximate surface area is 154 Å². The molecule has 2 amide bonds. The van der Waals surface area contributed by atoms with E-state index >= 15 is 0 Å². The van der Waals surface area contributed by atoms with Crippen molar-refractivity contribution in [3.8, 4) is 0 Å². The number of carbonyl (C=O) groups is 2. The summed E-state index contributed by atoms with van der Waals surface area (Å²) in [5.41, 5.74) is 0.294. The zero-order valence-corrected chi connectivity index (χ0v) is 15.6. The highest BCUT2D eigenvalue weighted by Gasteiger charge is 2.38. The number of nitrogens with zero attached hydrogens (tertiary/aromatic N) is 2. The van der Waals surface area contributed by atoms with Gasteiger partial charge in [-0.15, -0.1) is 0 Å². The van der Waals surface area contributed by atoms with E-state index in [1.54, 1.807) is 30.1 Å². The predicted octanol–water partition coefficient (Wildman–Crippen LogP) is 2.42. The molecule has 2 heterocycles. The van der Waals surface area contributed by atoms with Crippen LogP contribution in [0, 0.1) is 17.7 Å². The summed E-state index contributed by atoms with van der Waals surface area (Å²) in [5.74, 6) is 0.191. The van der Waals surface area contributed by atoms with Gasteiger partial charge in [0.1, 0.15) is 11.9 Å². The summed E-state index contributed by atoms with van der Waals surface area (Å²) in [5, 5.41) is 3.39. The van der Waals surface area contributed by atoms with Gasteiger partial charge in [-0.05, 0) is 56.3 Å². The quantitative estimate of drug-likeness (QED) is 0.876. The zero-order valence-electron chi connectivity index (χ0n) is 15.6. The molecule has 5 nitrogen and oxygen atoms in total. The standard InChI is InChI=1S/C20H28FN3O2/c1-14(15-6-5-10-22-13-15)12-19(25)23(2)18-9-11-24(20(18)26)17-8-4-3-7-16(17)21/h3-4,7-8,14-15,18,22H,5-6,9-13H2,1-2H3. The van der Waals surface area contributed by atoms with Crippen molar-refractivity contribution in [1.29, 1.82) is 0 Å². The van der Waals surface area contributed by atoms with Crippen LogP contribution in [0.25, 0.3) is 0 Å². The fraction of sp³-hybridized carbons (Fsp3) is 0.600. The number of hydrogen-bond donors (Lipinski definition) is 1. The average molecular weight is 361 g/mol. The van der Waals surface area contributed by atoms with Crippen LogP contribution in [0.2, 0.25) is 0 Å². The Bertz CT molecular complexity index is 660. The minimum absolute atomic E-state index is 0.00296. The second-order valence-electron chi connectivity index (χ2n) is 7.54. The van der Waals surface area contributed by atoms with Gasteiger partial charge in [0.05, 0.1) is 5.69 Å². The number of halogens is 1. The van der Waals surface area contributed by atoms with Crippen LogP contribution in [0.15, 0.2) is 24.3 Å². The number of carbonyl (C=O) groups excluding carboxylic acids is 2. The first-order chi connectivity index (χ1) is 12.5. The number of benzene rings is 1. The van der Waals surface area contributed by atoms with E-state index in [1.807, 2.05) is 0 Å². The van der Waals surface area contributed by atoms with Gasteiger partial charge in [-0.2, -0.15) is 0 Å². The molecule has 3 unspecified atom stereocenters. The summed E-state index contributed by atoms with van der Waals surface area (Å²) in [6, 6.07) is 5.78. The van der Waals surface area contributed by atoms with E-state index in [4.69, 9.17) is 0 Å². The number of rotatable bonds is 5. The summed E-state index contributed by atoms with van der Waals surface area (Å²) >= 11 is 0. The fourth-order valence-corrected chi connectivity index (χ4v) is 4.06. The van der Waals surface area contributed by atoms with Gasteiger partial charge in [-0.1, -0.05) is 19.1 Å². The molecule has 0 aliphatic carbocycles. The van der Waals surface area contributed by atoms with Crippen LogP contribution in [0.5, 0.6) is 0 Å². The van der Waals surface area contributed by atoms with Crippen molar-refractivity contribution in [3.05, 3.63) is 30.1 Å². The van der Waals surface area contributed by atoms with Crippen molar-refractivity contribution in [2.24, 2.45) is 11.8 Å². The molecule has 2 aliphatic heterocycles. The maximum Gasteiger partial charge on any atom is 0.249 e. The van der Waals surface area contributed by atoms with E-state index in [2.05, 4.69) is 12.2 Å². The summed E-state index contributed by atoms with van der Waals surface area (Å²) in [4.78, 5) is 28.5. The van der Waals surface area contributed by atoms with Crippen LogP contribution >= 0.6 is 0 Å². The fourth-order valence-electron chi connectivity index (χ4n) is 4.06. The van der Waals surface area contributed by atoms with Crippen LogP contribution in [0.3, 0.4) is 0 Å². The lowest BCUT2D eigenvalue weighted by Crippen LogP contribution is -2.44. The Hall–Kier alpha value is -1.95. The number of amides is 2. The summed E-state index contributed by atoms with van der Waals surface area (Å²) in [6.07, 6.45) is 3.29. The monoisotopic (exact) mass is 361 g/mol. The summed E-state index contributed by atoms with van der Waals surface area (Å²) in [6.45, 7) is 4.57. The van der Waals surface area contributed by atoms with Gasteiger partial charge in [-0.25, -0.2) is 4.39 Å². The molecule has 3 atom stereocenters. The van der Waals surface area contributed by atoms with E-state index in [-0.39, 0.29) is 17.7 Å². The smallest absolute Gasteiger partial charge is 0.249 e. The van der Waals surface area contributed by atoms with Crippen molar-refractivity contribution in [2.75, 3.05) is 31.6 Å². The number of hydrogen-bond acceptors (Lipinski definition) is 3. The molecule has 6 heteroatoms. The van der Waals surface area contributed by atoms with Crippen LogP contribution < -0.4 is 10.2 Å². The van der Waals surface area contributed by atoms with Gasteiger partial charge >= 0.3 is 0 Å². The molecular weight excluding hydrogens is 333 g/mol. The lowest BCUT2D eigenvalue weighted by Gasteiger charge is -2.30. The van der Waals surface area contributed by atoms with Crippen LogP contribution in [0.4, 0.5) is 10.1 Å². The third kappa shape index (κ3) is 3.90. The molecule has 26 heavy (non-hydrogen) atoms. The average Bonchev–Trinajstić information content (AvgIpc) is 3.03. The Morgan fingerprint density at radius 1 is 1.38 bits per heavy atom. The first-order valence-electron chi connectivity index (χ1n) is 9.51. The number of piperidine rings is 1. The molecule has 0 spiro atoms. The molecule has 2 saturated heterocycles. The van der Waals surface area contributed by atoms with Crippen molar-refractivity contribution in [3.63, 3.8) is 0 Å². The predicted molar refractivity (Wildman–Crippen MR) is 99.3 cm³/mol. The maximum atomic E-state index is 14.0. The molecule has 3 rings (SSSR count). The Morgan fingerprint density at radius 3 is 2.85 bits per heavy atom. The molecular formula is C20H28FN3O2. The second-order valence-corrected chi connectivity index (χ2v) is 7.54. The lowest BCUT2D eigenvalue weighted by molar-refractivity contribution is -0.137. The van der Waals surface area contributed by atoms with Gasteiger partial charge < -0.3 is 15.1 Å². The molecule has 0 bridgehead atoms. The van der Waals surface area contributed by atoms with Gasteiger partial charge in [0, 0.05) is 20.0 Å². The van der Waals surface area contributed by atoms with Gasteiger partial charge in [-0.3, -0.25) is 9.59 Å². The van der Waals surface area contributed by atoms with Crippen LogP contribution in [-0.4, -0.2) is 49.4 Å². The van der Waals surface area contributed by atoms with Crippen molar-refractivity contribution in [2.45, 2.75) is 38.6 Å². The van der Waals surface area contributed by atoms with E-state index in [0.29, 0.717) is 31.0 Å². The van der Waals surface area contributed by atoms with E-state index in [9.17, 15) is 14.0 Å².